The van der Waals surface area contributed by atoms with E-state index in [1.165, 1.54) is 4.31 Å². The van der Waals surface area contributed by atoms with E-state index in [2.05, 4.69) is 10.5 Å². The molecule has 2 aromatic rings. The highest BCUT2D eigenvalue weighted by Crippen LogP contribution is 2.24. The zero-order chi connectivity index (χ0) is 21.9. The highest BCUT2D eigenvalue weighted by molar-refractivity contribution is 7.89. The molecule has 0 atom stereocenters. The molecular formula is C20H26N4O5S. The van der Waals surface area contributed by atoms with E-state index in [0.29, 0.717) is 24.3 Å². The maximum atomic E-state index is 12.8. The molecule has 1 saturated heterocycles. The molecule has 0 spiro atoms. The van der Waals surface area contributed by atoms with Gasteiger partial charge in [-0.05, 0) is 32.9 Å². The van der Waals surface area contributed by atoms with Gasteiger partial charge in [0.25, 0.3) is 5.91 Å². The van der Waals surface area contributed by atoms with E-state index >= 15 is 0 Å². The van der Waals surface area contributed by atoms with E-state index in [1.54, 1.807) is 30.9 Å². The van der Waals surface area contributed by atoms with E-state index in [0.717, 1.165) is 5.56 Å². The third kappa shape index (κ3) is 4.71. The van der Waals surface area contributed by atoms with Gasteiger partial charge in [-0.15, -0.1) is 0 Å². The number of nitrogens with one attached hydrogen (secondary N) is 1. The fourth-order valence-corrected chi connectivity index (χ4v) is 5.19. The van der Waals surface area contributed by atoms with Crippen LogP contribution in [0.2, 0.25) is 0 Å². The molecule has 3 rings (SSSR count). The van der Waals surface area contributed by atoms with Gasteiger partial charge in [-0.1, -0.05) is 22.9 Å². The lowest BCUT2D eigenvalue weighted by molar-refractivity contribution is -0.132. The maximum absolute atomic E-state index is 12.8. The lowest BCUT2D eigenvalue weighted by Gasteiger charge is -2.34. The van der Waals surface area contributed by atoms with E-state index in [1.807, 2.05) is 19.1 Å². The summed E-state index contributed by atoms with van der Waals surface area (Å²) in [6.07, 6.45) is 0.161. The number of benzene rings is 1. The Morgan fingerprint density at radius 2 is 1.83 bits per heavy atom. The first-order valence-corrected chi connectivity index (χ1v) is 11.2. The topological polar surface area (TPSA) is 113 Å². The van der Waals surface area contributed by atoms with Crippen molar-refractivity contribution in [1.29, 1.82) is 0 Å². The van der Waals surface area contributed by atoms with Gasteiger partial charge in [0.2, 0.25) is 15.9 Å². The van der Waals surface area contributed by atoms with Crippen LogP contribution in [0.4, 0.5) is 0 Å². The molecule has 162 valence electrons. The monoisotopic (exact) mass is 434 g/mol. The quantitative estimate of drug-likeness (QED) is 0.732. The van der Waals surface area contributed by atoms with Gasteiger partial charge in [-0.3, -0.25) is 9.59 Å². The van der Waals surface area contributed by atoms with Crippen molar-refractivity contribution in [3.8, 4) is 0 Å². The van der Waals surface area contributed by atoms with E-state index in [-0.39, 0.29) is 48.5 Å². The van der Waals surface area contributed by atoms with Gasteiger partial charge in [-0.25, -0.2) is 8.42 Å². The summed E-state index contributed by atoms with van der Waals surface area (Å²) in [5.41, 5.74) is 1.87. The summed E-state index contributed by atoms with van der Waals surface area (Å²) in [5, 5.41) is 6.47. The molecule has 2 heterocycles. The predicted molar refractivity (Wildman–Crippen MR) is 109 cm³/mol. The number of aromatic nitrogens is 1. The summed E-state index contributed by atoms with van der Waals surface area (Å²) in [7, 11) is -3.71. The molecule has 0 saturated carbocycles. The summed E-state index contributed by atoms with van der Waals surface area (Å²) in [6.45, 7) is 6.29. The van der Waals surface area contributed by atoms with Gasteiger partial charge >= 0.3 is 0 Å². The lowest BCUT2D eigenvalue weighted by Crippen LogP contribution is -2.51. The number of sulfonamides is 1. The molecule has 1 aliphatic heterocycles. The summed E-state index contributed by atoms with van der Waals surface area (Å²) in [5.74, 6) is -0.0776. The molecule has 30 heavy (non-hydrogen) atoms. The molecule has 1 aliphatic rings. The van der Waals surface area contributed by atoms with E-state index in [4.69, 9.17) is 4.52 Å². The number of rotatable bonds is 6. The first-order chi connectivity index (χ1) is 14.2. The van der Waals surface area contributed by atoms with Crippen LogP contribution < -0.4 is 5.32 Å². The lowest BCUT2D eigenvalue weighted by atomic mass is 10.1. The summed E-state index contributed by atoms with van der Waals surface area (Å²) >= 11 is 0. The Morgan fingerprint density at radius 3 is 2.43 bits per heavy atom. The molecule has 1 aromatic heterocycles. The molecule has 10 heteroatoms. The Morgan fingerprint density at radius 1 is 1.13 bits per heavy atom. The van der Waals surface area contributed by atoms with Gasteiger partial charge in [0, 0.05) is 44.7 Å². The van der Waals surface area contributed by atoms with Gasteiger partial charge < -0.3 is 14.7 Å². The molecule has 1 aromatic carbocycles. The van der Waals surface area contributed by atoms with Crippen molar-refractivity contribution in [2.45, 2.75) is 32.1 Å². The zero-order valence-electron chi connectivity index (χ0n) is 17.3. The average molecular weight is 435 g/mol. The Bertz CT molecular complexity index is 1020. The van der Waals surface area contributed by atoms with Crippen LogP contribution in [0.25, 0.3) is 0 Å². The number of aryl methyl sites for hydroxylation is 3. The van der Waals surface area contributed by atoms with Crippen molar-refractivity contribution in [2.24, 2.45) is 0 Å². The number of carbonyl (C=O) groups is 2. The molecular weight excluding hydrogens is 408 g/mol. The van der Waals surface area contributed by atoms with Crippen molar-refractivity contribution >= 4 is 21.8 Å². The van der Waals surface area contributed by atoms with Crippen molar-refractivity contribution < 1.29 is 22.5 Å². The number of carbonyl (C=O) groups excluding carboxylic acids is 2. The fourth-order valence-electron chi connectivity index (χ4n) is 3.48. The third-order valence-electron chi connectivity index (χ3n) is 5.06. The number of hydrogen-bond acceptors (Lipinski definition) is 6. The fraction of sp³-hybridized carbons (Fsp3) is 0.450. The van der Waals surface area contributed by atoms with Crippen LogP contribution in [0.5, 0.6) is 0 Å². The minimum absolute atomic E-state index is 0.0983. The van der Waals surface area contributed by atoms with Crippen LogP contribution in [0.1, 0.15) is 33.8 Å². The van der Waals surface area contributed by atoms with E-state index in [9.17, 15) is 18.0 Å². The Hall–Kier alpha value is -2.72. The van der Waals surface area contributed by atoms with Gasteiger partial charge in [0.05, 0.1) is 0 Å². The molecule has 0 unspecified atom stereocenters. The van der Waals surface area contributed by atoms with Gasteiger partial charge in [0.15, 0.2) is 5.76 Å². The molecule has 0 radical (unpaired) electrons. The molecule has 1 fully saturated rings. The first kappa shape index (κ1) is 22.0. The normalized spacial score (nSPS) is 15.2. The summed E-state index contributed by atoms with van der Waals surface area (Å²) in [4.78, 5) is 26.3. The van der Waals surface area contributed by atoms with Crippen molar-refractivity contribution in [2.75, 3.05) is 32.7 Å². The minimum Gasteiger partial charge on any atom is -0.360 e. The number of piperazine rings is 1. The molecule has 2 amide bonds. The van der Waals surface area contributed by atoms with Gasteiger partial charge in [-0.2, -0.15) is 4.31 Å². The smallest absolute Gasteiger partial charge is 0.251 e. The van der Waals surface area contributed by atoms with Crippen LogP contribution in [0.3, 0.4) is 0 Å². The van der Waals surface area contributed by atoms with E-state index < -0.39 is 10.0 Å². The third-order valence-corrected chi connectivity index (χ3v) is 7.21. The highest BCUT2D eigenvalue weighted by atomic mass is 32.2. The summed E-state index contributed by atoms with van der Waals surface area (Å²) < 4.78 is 32.0. The maximum Gasteiger partial charge on any atom is 0.251 e. The first-order valence-electron chi connectivity index (χ1n) is 9.76. The highest BCUT2D eigenvalue weighted by Gasteiger charge is 2.34. The number of nitrogens with zero attached hydrogens (tertiary/aromatic N) is 3. The molecule has 1 N–H and O–H groups in total. The van der Waals surface area contributed by atoms with Crippen LogP contribution in [-0.4, -0.2) is 67.3 Å². The van der Waals surface area contributed by atoms with Crippen molar-refractivity contribution in [3.05, 3.63) is 46.8 Å². The zero-order valence-corrected chi connectivity index (χ0v) is 18.2. The minimum atomic E-state index is -3.71. The van der Waals surface area contributed by atoms with Crippen LogP contribution in [0, 0.1) is 20.8 Å². The second kappa shape index (κ2) is 8.97. The standard InChI is InChI=1S/C20H26N4O5S/c1-14-5-4-6-17(13-14)20(26)21-8-7-18(25)23-9-11-24(12-10-23)30(27,28)19-15(2)22-29-16(19)3/h4-6,13H,7-12H2,1-3H3,(H,21,26). The predicted octanol–water partition coefficient (Wildman–Crippen LogP) is 1.25. The molecule has 0 bridgehead atoms. The average Bonchev–Trinajstić information content (AvgIpc) is 3.06. The molecule has 0 aliphatic carbocycles. The van der Waals surface area contributed by atoms with Crippen LogP contribution in [0.15, 0.2) is 33.7 Å². The SMILES string of the molecule is Cc1cccc(C(=O)NCCC(=O)N2CCN(S(=O)(=O)c3c(C)noc3C)CC2)c1. The second-order valence-electron chi connectivity index (χ2n) is 7.31. The Balaban J connectivity index is 1.49. The van der Waals surface area contributed by atoms with Crippen LogP contribution >= 0.6 is 0 Å². The summed E-state index contributed by atoms with van der Waals surface area (Å²) in [6, 6.07) is 7.23. The van der Waals surface area contributed by atoms with Crippen molar-refractivity contribution in [3.63, 3.8) is 0 Å². The van der Waals surface area contributed by atoms with Crippen molar-refractivity contribution in [1.82, 2.24) is 19.7 Å². The Labute approximate surface area is 176 Å². The largest absolute Gasteiger partial charge is 0.360 e. The molecule has 9 nitrogen and oxygen atoms in total. The van der Waals surface area contributed by atoms with Crippen LogP contribution in [-0.2, 0) is 14.8 Å². The number of amides is 2. The number of hydrogen-bond donors (Lipinski definition) is 1. The van der Waals surface area contributed by atoms with Gasteiger partial charge in [0.1, 0.15) is 10.6 Å². The Kier molecular flexibility index (Phi) is 6.57. The second-order valence-corrected chi connectivity index (χ2v) is 9.19.